The average Bonchev–Trinajstić information content (AvgIpc) is 2.43. The zero-order valence-electron chi connectivity index (χ0n) is 11.1. The number of phenolic OH excluding ortho intramolecular Hbond substituents is 1. The summed E-state index contributed by atoms with van der Waals surface area (Å²) in [6, 6.07) is 7.31. The maximum Gasteiger partial charge on any atom is 0.337 e. The Kier molecular flexibility index (Phi) is 3.89. The predicted molar refractivity (Wildman–Crippen MR) is 74.2 cm³/mol. The van der Waals surface area contributed by atoms with Crippen LogP contribution in [0.2, 0.25) is 0 Å². The Morgan fingerprint density at radius 1 is 1.10 bits per heavy atom. The molecule has 0 radical (unpaired) electrons. The molecule has 6 heteroatoms. The topological polar surface area (TPSA) is 86.6 Å². The fourth-order valence-corrected chi connectivity index (χ4v) is 1.85. The zero-order chi connectivity index (χ0) is 15.6. The molecule has 0 aliphatic rings. The lowest BCUT2D eigenvalue weighted by Crippen LogP contribution is -2.16. The number of carboxylic acids is 1. The lowest BCUT2D eigenvalue weighted by atomic mass is 10.1. The van der Waals surface area contributed by atoms with Crippen LogP contribution in [0, 0.1) is 12.7 Å². The number of phenols is 1. The highest BCUT2D eigenvalue weighted by molar-refractivity contribution is 6.08. The number of aromatic hydroxyl groups is 1. The van der Waals surface area contributed by atoms with Gasteiger partial charge in [0.25, 0.3) is 5.91 Å². The molecule has 2 aromatic carbocycles. The number of hydrogen-bond acceptors (Lipinski definition) is 3. The van der Waals surface area contributed by atoms with Crippen LogP contribution < -0.4 is 5.32 Å². The Morgan fingerprint density at radius 3 is 2.48 bits per heavy atom. The molecule has 2 aromatic rings. The van der Waals surface area contributed by atoms with E-state index in [0.717, 1.165) is 12.1 Å². The second-order valence-electron chi connectivity index (χ2n) is 4.45. The lowest BCUT2D eigenvalue weighted by Gasteiger charge is -2.10. The van der Waals surface area contributed by atoms with Crippen molar-refractivity contribution in [2.24, 2.45) is 0 Å². The van der Waals surface area contributed by atoms with Crippen molar-refractivity contribution in [3.05, 3.63) is 58.9 Å². The van der Waals surface area contributed by atoms with Gasteiger partial charge in [0.15, 0.2) is 0 Å². The number of carboxylic acid groups (broad SMARTS) is 1. The maximum atomic E-state index is 13.2. The number of benzene rings is 2. The second kappa shape index (κ2) is 5.62. The van der Waals surface area contributed by atoms with E-state index >= 15 is 0 Å². The molecule has 108 valence electrons. The minimum absolute atomic E-state index is 0.0222. The predicted octanol–water partition coefficient (Wildman–Crippen LogP) is 2.79. The van der Waals surface area contributed by atoms with Crippen molar-refractivity contribution in [3.63, 3.8) is 0 Å². The molecule has 0 fully saturated rings. The van der Waals surface area contributed by atoms with Gasteiger partial charge in [0.05, 0.1) is 11.3 Å². The van der Waals surface area contributed by atoms with E-state index in [1.54, 1.807) is 6.92 Å². The molecule has 0 aromatic heterocycles. The van der Waals surface area contributed by atoms with Crippen LogP contribution in [0.15, 0.2) is 36.4 Å². The number of nitrogens with one attached hydrogen (secondary N) is 1. The van der Waals surface area contributed by atoms with Crippen molar-refractivity contribution < 1.29 is 24.2 Å². The quantitative estimate of drug-likeness (QED) is 0.758. The van der Waals surface area contributed by atoms with Crippen LogP contribution in [0.5, 0.6) is 5.75 Å². The highest BCUT2D eigenvalue weighted by Gasteiger charge is 2.16. The summed E-state index contributed by atoms with van der Waals surface area (Å²) in [5.41, 5.74) is 0.440. The van der Waals surface area contributed by atoms with Crippen LogP contribution in [0.3, 0.4) is 0 Å². The number of anilines is 1. The van der Waals surface area contributed by atoms with Crippen molar-refractivity contribution in [1.82, 2.24) is 0 Å². The van der Waals surface area contributed by atoms with Crippen LogP contribution >= 0.6 is 0 Å². The van der Waals surface area contributed by atoms with Crippen molar-refractivity contribution in [1.29, 1.82) is 0 Å². The Balaban J connectivity index is 2.36. The summed E-state index contributed by atoms with van der Waals surface area (Å²) in [5.74, 6) is -2.71. The molecule has 0 aliphatic heterocycles. The van der Waals surface area contributed by atoms with Gasteiger partial charge in [0.2, 0.25) is 0 Å². The number of carbonyl (C=O) groups excluding carboxylic acids is 1. The Labute approximate surface area is 119 Å². The number of halogens is 1. The minimum atomic E-state index is -1.29. The summed E-state index contributed by atoms with van der Waals surface area (Å²) in [6.45, 7) is 1.64. The first-order chi connectivity index (χ1) is 9.88. The minimum Gasteiger partial charge on any atom is -0.508 e. The zero-order valence-corrected chi connectivity index (χ0v) is 11.1. The van der Waals surface area contributed by atoms with Gasteiger partial charge in [0.1, 0.15) is 11.6 Å². The number of amides is 1. The standard InChI is InChI=1S/C15H12FNO4/c1-8-2-3-9(16)6-11(8)14(19)17-13-5-4-10(18)7-12(13)15(20)21/h2-7,18H,1H3,(H,17,19)(H,20,21). The van der Waals surface area contributed by atoms with E-state index in [-0.39, 0.29) is 22.6 Å². The largest absolute Gasteiger partial charge is 0.508 e. The van der Waals surface area contributed by atoms with E-state index in [0.29, 0.717) is 5.56 Å². The van der Waals surface area contributed by atoms with Crippen molar-refractivity contribution >= 4 is 17.6 Å². The van der Waals surface area contributed by atoms with Gasteiger partial charge in [-0.2, -0.15) is 0 Å². The molecule has 1 amide bonds. The number of aryl methyl sites for hydroxylation is 1. The van der Waals surface area contributed by atoms with Crippen LogP contribution in [0.25, 0.3) is 0 Å². The summed E-state index contributed by atoms with van der Waals surface area (Å²) in [6.07, 6.45) is 0. The monoisotopic (exact) mass is 289 g/mol. The molecular formula is C15H12FNO4. The van der Waals surface area contributed by atoms with Gasteiger partial charge >= 0.3 is 5.97 Å². The van der Waals surface area contributed by atoms with E-state index in [1.807, 2.05) is 0 Å². The summed E-state index contributed by atoms with van der Waals surface area (Å²) >= 11 is 0. The van der Waals surface area contributed by atoms with Crippen molar-refractivity contribution in [2.45, 2.75) is 6.92 Å². The van der Waals surface area contributed by atoms with Gasteiger partial charge in [-0.05, 0) is 42.8 Å². The van der Waals surface area contributed by atoms with Crippen LogP contribution in [0.4, 0.5) is 10.1 Å². The van der Waals surface area contributed by atoms with Crippen molar-refractivity contribution in [2.75, 3.05) is 5.32 Å². The molecule has 0 saturated heterocycles. The summed E-state index contributed by atoms with van der Waals surface area (Å²) < 4.78 is 13.2. The Morgan fingerprint density at radius 2 is 1.81 bits per heavy atom. The molecule has 3 N–H and O–H groups in total. The van der Waals surface area contributed by atoms with E-state index in [4.69, 9.17) is 5.11 Å². The number of aromatic carboxylic acids is 1. The summed E-state index contributed by atoms with van der Waals surface area (Å²) in [4.78, 5) is 23.2. The van der Waals surface area contributed by atoms with Crippen LogP contribution in [-0.2, 0) is 0 Å². The van der Waals surface area contributed by atoms with Gasteiger partial charge in [-0.25, -0.2) is 9.18 Å². The van der Waals surface area contributed by atoms with Gasteiger partial charge in [-0.1, -0.05) is 6.07 Å². The van der Waals surface area contributed by atoms with Crippen molar-refractivity contribution in [3.8, 4) is 5.75 Å². The van der Waals surface area contributed by atoms with Crippen LogP contribution in [0.1, 0.15) is 26.3 Å². The second-order valence-corrected chi connectivity index (χ2v) is 4.45. The lowest BCUT2D eigenvalue weighted by molar-refractivity contribution is 0.0697. The summed E-state index contributed by atoms with van der Waals surface area (Å²) in [5, 5.41) is 20.7. The van der Waals surface area contributed by atoms with E-state index in [2.05, 4.69) is 5.32 Å². The third-order valence-electron chi connectivity index (χ3n) is 2.93. The maximum absolute atomic E-state index is 13.2. The Bertz CT molecular complexity index is 728. The first-order valence-electron chi connectivity index (χ1n) is 6.02. The summed E-state index contributed by atoms with van der Waals surface area (Å²) in [7, 11) is 0. The first-order valence-corrected chi connectivity index (χ1v) is 6.02. The first kappa shape index (κ1) is 14.5. The molecule has 0 spiro atoms. The normalized spacial score (nSPS) is 10.2. The van der Waals surface area contributed by atoms with Gasteiger partial charge < -0.3 is 15.5 Å². The Hall–Kier alpha value is -2.89. The molecule has 0 heterocycles. The van der Waals surface area contributed by atoms with Crippen LogP contribution in [-0.4, -0.2) is 22.1 Å². The SMILES string of the molecule is Cc1ccc(F)cc1C(=O)Nc1ccc(O)cc1C(=O)O. The highest BCUT2D eigenvalue weighted by atomic mass is 19.1. The molecule has 0 saturated carbocycles. The fraction of sp³-hybridized carbons (Fsp3) is 0.0667. The van der Waals surface area contributed by atoms with E-state index in [1.165, 1.54) is 24.3 Å². The fourth-order valence-electron chi connectivity index (χ4n) is 1.85. The van der Waals surface area contributed by atoms with Gasteiger partial charge in [-0.3, -0.25) is 4.79 Å². The molecule has 0 unspecified atom stereocenters. The smallest absolute Gasteiger partial charge is 0.337 e. The number of carbonyl (C=O) groups is 2. The third kappa shape index (κ3) is 3.17. The van der Waals surface area contributed by atoms with Gasteiger partial charge in [-0.15, -0.1) is 0 Å². The highest BCUT2D eigenvalue weighted by Crippen LogP contribution is 2.22. The molecule has 0 bridgehead atoms. The number of hydrogen-bond donors (Lipinski definition) is 3. The third-order valence-corrected chi connectivity index (χ3v) is 2.93. The van der Waals surface area contributed by atoms with Gasteiger partial charge in [0, 0.05) is 5.56 Å². The van der Waals surface area contributed by atoms with E-state index < -0.39 is 17.7 Å². The molecule has 5 nitrogen and oxygen atoms in total. The molecule has 21 heavy (non-hydrogen) atoms. The molecule has 0 atom stereocenters. The van der Waals surface area contributed by atoms with E-state index in [9.17, 15) is 19.1 Å². The average molecular weight is 289 g/mol. The molecule has 2 rings (SSSR count). The molecule has 0 aliphatic carbocycles. The molecular weight excluding hydrogens is 277 g/mol. The number of rotatable bonds is 3.